The number of para-hydroxylation sites is 2. The Bertz CT molecular complexity index is 932. The molecule has 128 valence electrons. The average Bonchev–Trinajstić information content (AvgIpc) is 3.05. The van der Waals surface area contributed by atoms with E-state index in [1.807, 2.05) is 24.5 Å². The fourth-order valence-electron chi connectivity index (χ4n) is 3.56. The Morgan fingerprint density at radius 3 is 2.68 bits per heavy atom. The van der Waals surface area contributed by atoms with E-state index in [-0.39, 0.29) is 10.6 Å². The van der Waals surface area contributed by atoms with Gasteiger partial charge >= 0.3 is 0 Å². The predicted octanol–water partition coefficient (Wildman–Crippen LogP) is 4.44. The zero-order valence-electron chi connectivity index (χ0n) is 13.5. The molecule has 1 fully saturated rings. The summed E-state index contributed by atoms with van der Waals surface area (Å²) in [4.78, 5) is 17.5. The van der Waals surface area contributed by atoms with Gasteiger partial charge in [0.05, 0.1) is 22.3 Å². The Balaban J connectivity index is 1.56. The van der Waals surface area contributed by atoms with Crippen molar-refractivity contribution in [1.29, 1.82) is 0 Å². The summed E-state index contributed by atoms with van der Waals surface area (Å²) in [6.45, 7) is 1.50. The third-order valence-electron chi connectivity index (χ3n) is 4.81. The summed E-state index contributed by atoms with van der Waals surface area (Å²) >= 11 is 6.05. The Morgan fingerprint density at radius 2 is 1.92 bits per heavy atom. The molecule has 0 N–H and O–H groups in total. The van der Waals surface area contributed by atoms with E-state index in [1.54, 1.807) is 12.1 Å². The third-order valence-corrected chi connectivity index (χ3v) is 5.05. The van der Waals surface area contributed by atoms with Crippen molar-refractivity contribution in [3.63, 3.8) is 0 Å². The van der Waals surface area contributed by atoms with Crippen LogP contribution in [0.3, 0.4) is 0 Å². The molecule has 0 spiro atoms. The highest BCUT2D eigenvalue weighted by Gasteiger charge is 2.26. The lowest BCUT2D eigenvalue weighted by molar-refractivity contribution is -0.384. The third kappa shape index (κ3) is 2.93. The minimum absolute atomic E-state index is 0.107. The number of piperidine rings is 1. The fourth-order valence-corrected chi connectivity index (χ4v) is 3.72. The maximum atomic E-state index is 11.3. The maximum Gasteiger partial charge on any atom is 0.292 e. The highest BCUT2D eigenvalue weighted by atomic mass is 35.5. The topological polar surface area (TPSA) is 64.2 Å². The lowest BCUT2D eigenvalue weighted by Crippen LogP contribution is -2.34. The van der Waals surface area contributed by atoms with Gasteiger partial charge in [-0.2, -0.15) is 0 Å². The molecule has 4 rings (SSSR count). The number of nitro benzene ring substituents is 1. The molecule has 3 aromatic rings. The largest absolute Gasteiger partial charge is 0.366 e. The minimum atomic E-state index is -0.346. The monoisotopic (exact) mass is 356 g/mol. The van der Waals surface area contributed by atoms with Crippen molar-refractivity contribution >= 4 is 34.0 Å². The van der Waals surface area contributed by atoms with Crippen molar-refractivity contribution in [2.75, 3.05) is 18.0 Å². The van der Waals surface area contributed by atoms with Gasteiger partial charge in [0.1, 0.15) is 5.69 Å². The molecule has 1 aromatic heterocycles. The fraction of sp³-hybridized carbons (Fsp3) is 0.278. The van der Waals surface area contributed by atoms with Crippen LogP contribution in [0.15, 0.2) is 48.8 Å². The second kappa shape index (κ2) is 6.37. The van der Waals surface area contributed by atoms with Crippen molar-refractivity contribution < 1.29 is 4.92 Å². The first-order valence-corrected chi connectivity index (χ1v) is 8.62. The van der Waals surface area contributed by atoms with Gasteiger partial charge in [-0.05, 0) is 37.1 Å². The van der Waals surface area contributed by atoms with Crippen LogP contribution in [-0.4, -0.2) is 27.6 Å². The first kappa shape index (κ1) is 15.9. The number of aromatic nitrogens is 2. The van der Waals surface area contributed by atoms with Crippen LogP contribution in [0.2, 0.25) is 5.02 Å². The standard InChI is InChI=1S/C18H17ClN4O2/c19-13-5-6-17(23(24)25)18(11-13)21-9-7-14(8-10-21)22-12-20-15-3-1-2-4-16(15)22/h1-6,11-12,14H,7-10H2. The van der Waals surface area contributed by atoms with Gasteiger partial charge in [-0.15, -0.1) is 0 Å². The molecule has 0 bridgehead atoms. The SMILES string of the molecule is O=[N+]([O-])c1ccc(Cl)cc1N1CCC(n2cnc3ccccc32)CC1. The van der Waals surface area contributed by atoms with Crippen LogP contribution in [-0.2, 0) is 0 Å². The van der Waals surface area contributed by atoms with E-state index in [0.717, 1.165) is 37.0 Å². The van der Waals surface area contributed by atoms with E-state index >= 15 is 0 Å². The summed E-state index contributed by atoms with van der Waals surface area (Å²) in [5.74, 6) is 0. The van der Waals surface area contributed by atoms with Gasteiger partial charge in [-0.25, -0.2) is 4.98 Å². The summed E-state index contributed by atoms with van der Waals surface area (Å²) in [5, 5.41) is 11.8. The molecule has 1 aliphatic rings. The molecule has 0 amide bonds. The van der Waals surface area contributed by atoms with Crippen LogP contribution in [0.4, 0.5) is 11.4 Å². The first-order chi connectivity index (χ1) is 12.1. The second-order valence-electron chi connectivity index (χ2n) is 6.25. The van der Waals surface area contributed by atoms with Gasteiger partial charge in [-0.3, -0.25) is 10.1 Å². The van der Waals surface area contributed by atoms with E-state index in [2.05, 4.69) is 20.5 Å². The van der Waals surface area contributed by atoms with Crippen molar-refractivity contribution in [2.45, 2.75) is 18.9 Å². The number of imidazole rings is 1. The van der Waals surface area contributed by atoms with Crippen molar-refractivity contribution in [3.8, 4) is 0 Å². The van der Waals surface area contributed by atoms with Crippen molar-refractivity contribution in [3.05, 3.63) is 63.9 Å². The highest BCUT2D eigenvalue weighted by Crippen LogP contribution is 2.35. The molecule has 1 saturated heterocycles. The maximum absolute atomic E-state index is 11.3. The van der Waals surface area contributed by atoms with Crippen molar-refractivity contribution in [1.82, 2.24) is 9.55 Å². The first-order valence-electron chi connectivity index (χ1n) is 8.24. The molecular formula is C18H17ClN4O2. The smallest absolute Gasteiger partial charge is 0.292 e. The number of hydrogen-bond acceptors (Lipinski definition) is 4. The van der Waals surface area contributed by atoms with Gasteiger partial charge in [-0.1, -0.05) is 23.7 Å². The van der Waals surface area contributed by atoms with Gasteiger partial charge in [0, 0.05) is 30.2 Å². The van der Waals surface area contributed by atoms with Gasteiger partial charge < -0.3 is 9.47 Å². The molecule has 2 aromatic carbocycles. The Labute approximate surface area is 149 Å². The van der Waals surface area contributed by atoms with E-state index in [4.69, 9.17) is 11.6 Å². The van der Waals surface area contributed by atoms with Crippen LogP contribution < -0.4 is 4.90 Å². The molecule has 2 heterocycles. The number of hydrogen-bond donors (Lipinski definition) is 0. The van der Waals surface area contributed by atoms with Crippen molar-refractivity contribution in [2.24, 2.45) is 0 Å². The van der Waals surface area contributed by atoms with E-state index < -0.39 is 0 Å². The minimum Gasteiger partial charge on any atom is -0.366 e. The summed E-state index contributed by atoms with van der Waals surface area (Å²) in [6.07, 6.45) is 3.71. The number of nitrogens with zero attached hydrogens (tertiary/aromatic N) is 4. The lowest BCUT2D eigenvalue weighted by Gasteiger charge is -2.34. The molecule has 0 unspecified atom stereocenters. The number of benzene rings is 2. The summed E-state index contributed by atoms with van der Waals surface area (Å²) in [7, 11) is 0. The Morgan fingerprint density at radius 1 is 1.16 bits per heavy atom. The van der Waals surface area contributed by atoms with Gasteiger partial charge in [0.2, 0.25) is 0 Å². The van der Waals surface area contributed by atoms with Crippen LogP contribution >= 0.6 is 11.6 Å². The Hall–Kier alpha value is -2.60. The number of fused-ring (bicyclic) bond motifs is 1. The molecular weight excluding hydrogens is 340 g/mol. The average molecular weight is 357 g/mol. The zero-order valence-corrected chi connectivity index (χ0v) is 14.3. The highest BCUT2D eigenvalue weighted by molar-refractivity contribution is 6.31. The molecule has 0 saturated carbocycles. The van der Waals surface area contributed by atoms with Crippen LogP contribution in [0.5, 0.6) is 0 Å². The Kier molecular flexibility index (Phi) is 4.05. The summed E-state index contributed by atoms with van der Waals surface area (Å²) in [5.41, 5.74) is 2.84. The summed E-state index contributed by atoms with van der Waals surface area (Å²) < 4.78 is 2.22. The van der Waals surface area contributed by atoms with Crippen LogP contribution in [0.1, 0.15) is 18.9 Å². The number of anilines is 1. The number of rotatable bonds is 3. The second-order valence-corrected chi connectivity index (χ2v) is 6.69. The number of nitro groups is 1. The normalized spacial score (nSPS) is 15.6. The molecule has 7 heteroatoms. The molecule has 25 heavy (non-hydrogen) atoms. The summed E-state index contributed by atoms with van der Waals surface area (Å²) in [6, 6.07) is 13.2. The lowest BCUT2D eigenvalue weighted by atomic mass is 10.0. The molecule has 0 radical (unpaired) electrons. The van der Waals surface area contributed by atoms with Gasteiger partial charge in [0.25, 0.3) is 5.69 Å². The molecule has 0 aliphatic carbocycles. The molecule has 0 atom stereocenters. The van der Waals surface area contributed by atoms with E-state index in [0.29, 0.717) is 16.8 Å². The molecule has 6 nitrogen and oxygen atoms in total. The zero-order chi connectivity index (χ0) is 17.4. The van der Waals surface area contributed by atoms with E-state index in [1.165, 1.54) is 6.07 Å². The van der Waals surface area contributed by atoms with E-state index in [9.17, 15) is 10.1 Å². The van der Waals surface area contributed by atoms with Gasteiger partial charge in [0.15, 0.2) is 0 Å². The number of halogens is 1. The molecule has 1 aliphatic heterocycles. The predicted molar refractivity (Wildman–Crippen MR) is 98.3 cm³/mol. The van der Waals surface area contributed by atoms with Crippen LogP contribution in [0.25, 0.3) is 11.0 Å². The quantitative estimate of drug-likeness (QED) is 0.514. The van der Waals surface area contributed by atoms with Crippen LogP contribution in [0, 0.1) is 10.1 Å².